The van der Waals surface area contributed by atoms with Gasteiger partial charge in [0.15, 0.2) is 0 Å². The highest BCUT2D eigenvalue weighted by Crippen LogP contribution is 2.32. The Labute approximate surface area is 193 Å². The van der Waals surface area contributed by atoms with Crippen LogP contribution in [0.25, 0.3) is 0 Å². The van der Waals surface area contributed by atoms with E-state index in [0.717, 1.165) is 5.56 Å². The zero-order valence-corrected chi connectivity index (χ0v) is 18.1. The van der Waals surface area contributed by atoms with Gasteiger partial charge in [0.1, 0.15) is 5.75 Å². The van der Waals surface area contributed by atoms with Crippen LogP contribution in [0.5, 0.6) is 5.75 Å². The number of anilines is 1. The molecule has 0 spiro atoms. The number of aromatic hydroxyl groups is 1. The monoisotopic (exact) mass is 476 g/mol. The topological polar surface area (TPSA) is 134 Å². The average molecular weight is 476 g/mol. The Morgan fingerprint density at radius 2 is 1.94 bits per heavy atom. The van der Waals surface area contributed by atoms with Gasteiger partial charge in [0.25, 0.3) is 5.91 Å². The molecule has 1 aliphatic rings. The van der Waals surface area contributed by atoms with E-state index in [9.17, 15) is 32.7 Å². The summed E-state index contributed by atoms with van der Waals surface area (Å²) in [7, 11) is 0. The Balaban J connectivity index is 1.98. The van der Waals surface area contributed by atoms with Gasteiger partial charge in [-0.15, -0.1) is 0 Å². The molecule has 34 heavy (non-hydrogen) atoms. The molecule has 11 heteroatoms. The van der Waals surface area contributed by atoms with Crippen LogP contribution in [-0.2, 0) is 14.4 Å². The van der Waals surface area contributed by atoms with Gasteiger partial charge < -0.3 is 21.5 Å². The minimum absolute atomic E-state index is 0.0789. The van der Waals surface area contributed by atoms with E-state index < -0.39 is 55.2 Å². The van der Waals surface area contributed by atoms with Crippen molar-refractivity contribution in [3.8, 4) is 5.75 Å². The summed E-state index contributed by atoms with van der Waals surface area (Å²) in [5, 5.41) is 15.1. The molecule has 2 unspecified atom stereocenters. The van der Waals surface area contributed by atoms with Gasteiger partial charge in [-0.25, -0.2) is 4.99 Å². The van der Waals surface area contributed by atoms with Gasteiger partial charge in [-0.3, -0.25) is 14.4 Å². The fraction of sp³-hybridized carbons (Fsp3) is 0.304. The molecule has 2 atom stereocenters. The fourth-order valence-electron chi connectivity index (χ4n) is 3.60. The van der Waals surface area contributed by atoms with Crippen molar-refractivity contribution >= 4 is 29.1 Å². The summed E-state index contributed by atoms with van der Waals surface area (Å²) in [6.07, 6.45) is -8.66. The van der Waals surface area contributed by atoms with Crippen LogP contribution in [0.4, 0.5) is 18.9 Å². The van der Waals surface area contributed by atoms with Crippen molar-refractivity contribution in [2.45, 2.75) is 38.5 Å². The Bertz CT molecular complexity index is 1150. The third-order valence-electron chi connectivity index (χ3n) is 5.22. The summed E-state index contributed by atoms with van der Waals surface area (Å²) in [5.41, 5.74) is 7.33. The zero-order valence-electron chi connectivity index (χ0n) is 18.1. The minimum atomic E-state index is -4.54. The Morgan fingerprint density at radius 3 is 2.59 bits per heavy atom. The Hall–Kier alpha value is -3.89. The number of hydrogen-bond acceptors (Lipinski definition) is 5. The molecule has 0 radical (unpaired) electrons. The van der Waals surface area contributed by atoms with Crippen molar-refractivity contribution in [3.63, 3.8) is 0 Å². The number of benzodiazepines with no additional fused rings is 1. The first-order valence-corrected chi connectivity index (χ1v) is 10.4. The van der Waals surface area contributed by atoms with Gasteiger partial charge in [-0.1, -0.05) is 35.9 Å². The van der Waals surface area contributed by atoms with Crippen LogP contribution in [0.1, 0.15) is 36.0 Å². The number of phenolic OH excluding ortho intramolecular Hbond substituents is 1. The number of nitrogens with one attached hydrogen (secondary N) is 2. The Kier molecular flexibility index (Phi) is 7.23. The summed E-state index contributed by atoms with van der Waals surface area (Å²) in [5.74, 6) is -4.36. The van der Waals surface area contributed by atoms with E-state index in [1.54, 1.807) is 30.3 Å². The smallest absolute Gasteiger partial charge is 0.389 e. The second-order valence-electron chi connectivity index (χ2n) is 7.97. The maximum Gasteiger partial charge on any atom is 0.389 e. The number of benzene rings is 2. The number of aryl methyl sites for hydroxylation is 1. The number of nitrogens with zero attached hydrogens (tertiary/aromatic N) is 1. The maximum atomic E-state index is 12.9. The van der Waals surface area contributed by atoms with Gasteiger partial charge in [0, 0.05) is 29.9 Å². The van der Waals surface area contributed by atoms with Gasteiger partial charge in [0.2, 0.25) is 18.0 Å². The summed E-state index contributed by atoms with van der Waals surface area (Å²) >= 11 is 0. The standard InChI is InChI=1S/C23H23F3N4O4/c1-12-4-2-5-13(10-12)18-15-6-3-7-16(31)19(15)29-22(34)20(28-18)30-21(33)14(11-17(27)32)8-9-23(24,25)26/h2-7,10,14,20,31H,8-9,11H2,1H3,(H2,27,32)(H,29,34)(H,30,33). The molecule has 0 aromatic heterocycles. The number of alkyl halides is 3. The van der Waals surface area contributed by atoms with Crippen LogP contribution in [0.3, 0.4) is 0 Å². The second kappa shape index (κ2) is 9.94. The van der Waals surface area contributed by atoms with Crippen LogP contribution in [-0.4, -0.2) is 40.9 Å². The summed E-state index contributed by atoms with van der Waals surface area (Å²) in [6, 6.07) is 11.7. The lowest BCUT2D eigenvalue weighted by molar-refractivity contribution is -0.143. The summed E-state index contributed by atoms with van der Waals surface area (Å²) in [4.78, 5) is 41.3. The van der Waals surface area contributed by atoms with Gasteiger partial charge in [-0.2, -0.15) is 13.2 Å². The van der Waals surface area contributed by atoms with Gasteiger partial charge in [0.05, 0.1) is 11.4 Å². The Morgan fingerprint density at radius 1 is 1.24 bits per heavy atom. The molecule has 2 aromatic carbocycles. The number of carbonyl (C=O) groups excluding carboxylic acids is 3. The molecule has 180 valence electrons. The highest BCUT2D eigenvalue weighted by Gasteiger charge is 2.34. The predicted octanol–water partition coefficient (Wildman–Crippen LogP) is 2.77. The number of hydrogen-bond donors (Lipinski definition) is 4. The van der Waals surface area contributed by atoms with Crippen molar-refractivity contribution in [3.05, 3.63) is 59.2 Å². The van der Waals surface area contributed by atoms with E-state index in [2.05, 4.69) is 15.6 Å². The van der Waals surface area contributed by atoms with Crippen LogP contribution in [0, 0.1) is 12.8 Å². The molecule has 3 amide bonds. The third-order valence-corrected chi connectivity index (χ3v) is 5.22. The fourth-order valence-corrected chi connectivity index (χ4v) is 3.60. The molecular formula is C23H23F3N4O4. The van der Waals surface area contributed by atoms with Crippen LogP contribution in [0.2, 0.25) is 0 Å². The van der Waals surface area contributed by atoms with E-state index >= 15 is 0 Å². The van der Waals surface area contributed by atoms with Crippen molar-refractivity contribution in [1.29, 1.82) is 0 Å². The molecule has 1 aliphatic heterocycles. The van der Waals surface area contributed by atoms with Crippen LogP contribution in [0.15, 0.2) is 47.5 Å². The number of primary amides is 1. The molecule has 0 bridgehead atoms. The van der Waals surface area contributed by atoms with Crippen molar-refractivity contribution in [1.82, 2.24) is 5.32 Å². The highest BCUT2D eigenvalue weighted by molar-refractivity contribution is 6.20. The molecule has 5 N–H and O–H groups in total. The van der Waals surface area contributed by atoms with E-state index in [-0.39, 0.29) is 17.1 Å². The number of carbonyl (C=O) groups is 3. The number of amides is 3. The number of fused-ring (bicyclic) bond motifs is 1. The first-order chi connectivity index (χ1) is 15.9. The van der Waals surface area contributed by atoms with Crippen molar-refractivity contribution < 1.29 is 32.7 Å². The van der Waals surface area contributed by atoms with Crippen molar-refractivity contribution in [2.75, 3.05) is 5.32 Å². The minimum Gasteiger partial charge on any atom is -0.506 e. The molecule has 8 nitrogen and oxygen atoms in total. The molecule has 0 fully saturated rings. The first kappa shape index (κ1) is 24.7. The highest BCUT2D eigenvalue weighted by atomic mass is 19.4. The lowest BCUT2D eigenvalue weighted by Crippen LogP contribution is -2.45. The predicted molar refractivity (Wildman–Crippen MR) is 118 cm³/mol. The number of aliphatic imine (C=N–C) groups is 1. The zero-order chi connectivity index (χ0) is 25.0. The van der Waals surface area contributed by atoms with E-state index in [0.29, 0.717) is 11.1 Å². The maximum absolute atomic E-state index is 12.9. The summed E-state index contributed by atoms with van der Waals surface area (Å²) < 4.78 is 38.1. The molecule has 2 aromatic rings. The molecule has 1 heterocycles. The number of para-hydroxylation sites is 1. The lowest BCUT2D eigenvalue weighted by Gasteiger charge is -2.19. The van der Waals surface area contributed by atoms with E-state index in [1.165, 1.54) is 6.07 Å². The van der Waals surface area contributed by atoms with Crippen LogP contribution >= 0.6 is 0 Å². The third kappa shape index (κ3) is 6.12. The van der Waals surface area contributed by atoms with E-state index in [4.69, 9.17) is 5.73 Å². The molecule has 0 saturated carbocycles. The number of phenols is 1. The molecule has 0 saturated heterocycles. The second-order valence-corrected chi connectivity index (χ2v) is 7.97. The average Bonchev–Trinajstić information content (AvgIpc) is 2.88. The number of halogens is 3. The molecular weight excluding hydrogens is 453 g/mol. The largest absolute Gasteiger partial charge is 0.506 e. The van der Waals surface area contributed by atoms with Gasteiger partial charge in [-0.05, 0) is 25.5 Å². The first-order valence-electron chi connectivity index (χ1n) is 10.4. The summed E-state index contributed by atoms with van der Waals surface area (Å²) in [6.45, 7) is 1.85. The quantitative estimate of drug-likeness (QED) is 0.457. The van der Waals surface area contributed by atoms with Gasteiger partial charge >= 0.3 is 6.18 Å². The normalized spacial score (nSPS) is 16.5. The lowest BCUT2D eigenvalue weighted by atomic mass is 9.97. The molecule has 0 aliphatic carbocycles. The van der Waals surface area contributed by atoms with E-state index in [1.807, 2.05) is 13.0 Å². The van der Waals surface area contributed by atoms with Crippen molar-refractivity contribution in [2.24, 2.45) is 16.6 Å². The number of rotatable bonds is 7. The molecule has 3 rings (SSSR count). The van der Waals surface area contributed by atoms with Crippen LogP contribution < -0.4 is 16.4 Å². The SMILES string of the molecule is Cc1cccc(C2=NC(NC(=O)C(CCC(F)(F)F)CC(N)=O)C(=O)Nc3c(O)cccc32)c1. The number of nitrogens with two attached hydrogens (primary N) is 1.